The first-order chi connectivity index (χ1) is 18.7. The maximum absolute atomic E-state index is 14.1. The third-order valence-electron chi connectivity index (χ3n) is 8.19. The highest BCUT2D eigenvalue weighted by atomic mass is 16.5. The van der Waals surface area contributed by atoms with Gasteiger partial charge in [0.2, 0.25) is 11.8 Å². The van der Waals surface area contributed by atoms with Crippen LogP contribution < -0.4 is 10.1 Å². The summed E-state index contributed by atoms with van der Waals surface area (Å²) < 4.78 is 7.80. The number of carbonyl (C=O) groups excluding carboxylic acids is 2. The van der Waals surface area contributed by atoms with Gasteiger partial charge < -0.3 is 20.1 Å². The summed E-state index contributed by atoms with van der Waals surface area (Å²) in [6.07, 6.45) is 5.03. The van der Waals surface area contributed by atoms with Crippen LogP contribution >= 0.6 is 0 Å². The van der Waals surface area contributed by atoms with Gasteiger partial charge in [0, 0.05) is 36.0 Å². The smallest absolute Gasteiger partial charge is 0.248 e. The molecule has 2 fully saturated rings. The summed E-state index contributed by atoms with van der Waals surface area (Å²) in [5.74, 6) is 0.753. The lowest BCUT2D eigenvalue weighted by Crippen LogP contribution is -2.50. The molecule has 3 aromatic rings. The Bertz CT molecular complexity index is 1390. The van der Waals surface area contributed by atoms with Crippen LogP contribution in [0.2, 0.25) is 0 Å². The number of benzene rings is 2. The molecule has 1 aliphatic carbocycles. The fourth-order valence-corrected chi connectivity index (χ4v) is 6.06. The molecule has 39 heavy (non-hydrogen) atoms. The van der Waals surface area contributed by atoms with Gasteiger partial charge in [0.05, 0.1) is 24.4 Å². The van der Waals surface area contributed by atoms with Gasteiger partial charge in [-0.1, -0.05) is 62.4 Å². The van der Waals surface area contributed by atoms with Crippen LogP contribution in [0.4, 0.5) is 0 Å². The van der Waals surface area contributed by atoms with Crippen molar-refractivity contribution in [1.82, 2.24) is 25.2 Å². The van der Waals surface area contributed by atoms with Crippen LogP contribution in [0, 0.1) is 5.41 Å². The van der Waals surface area contributed by atoms with Crippen molar-refractivity contribution in [1.29, 1.82) is 0 Å². The Balaban J connectivity index is 1.26. The van der Waals surface area contributed by atoms with Gasteiger partial charge in [-0.15, -0.1) is 5.10 Å². The molecule has 6 rings (SSSR count). The van der Waals surface area contributed by atoms with E-state index in [0.29, 0.717) is 12.5 Å². The average molecular weight is 532 g/mol. The number of aliphatic hydroxyl groups excluding tert-OH is 1. The number of hydrogen-bond acceptors (Lipinski definition) is 6. The average Bonchev–Trinajstić information content (AvgIpc) is 3.57. The second-order valence-electron chi connectivity index (χ2n) is 12.3. The number of hydrogen-bond donors (Lipinski definition) is 2. The van der Waals surface area contributed by atoms with Crippen molar-refractivity contribution in [2.45, 2.75) is 83.0 Å². The highest BCUT2D eigenvalue weighted by Gasteiger charge is 2.46. The quantitative estimate of drug-likeness (QED) is 0.517. The molecular formula is C30H37N5O4. The molecular weight excluding hydrogens is 494 g/mol. The summed E-state index contributed by atoms with van der Waals surface area (Å²) in [7, 11) is 0. The molecule has 2 aliphatic heterocycles. The monoisotopic (exact) mass is 531 g/mol. The first-order valence-electron chi connectivity index (χ1n) is 14.1. The number of carbonyl (C=O) groups is 2. The third kappa shape index (κ3) is 5.00. The Kier molecular flexibility index (Phi) is 6.57. The lowest BCUT2D eigenvalue weighted by Gasteiger charge is -2.35. The lowest BCUT2D eigenvalue weighted by atomic mass is 9.85. The van der Waals surface area contributed by atoms with Gasteiger partial charge in [0.1, 0.15) is 17.8 Å². The molecule has 4 atom stereocenters. The minimum Gasteiger partial charge on any atom is -0.493 e. The Morgan fingerprint density at radius 3 is 2.69 bits per heavy atom. The highest BCUT2D eigenvalue weighted by molar-refractivity contribution is 5.92. The first kappa shape index (κ1) is 25.8. The van der Waals surface area contributed by atoms with Gasteiger partial charge in [-0.25, -0.2) is 4.68 Å². The van der Waals surface area contributed by atoms with E-state index in [1.807, 2.05) is 51.2 Å². The summed E-state index contributed by atoms with van der Waals surface area (Å²) in [4.78, 5) is 29.4. The molecule has 0 spiro atoms. The maximum atomic E-state index is 14.1. The van der Waals surface area contributed by atoms with Crippen LogP contribution in [0.25, 0.3) is 10.8 Å². The van der Waals surface area contributed by atoms with E-state index in [1.54, 1.807) is 9.58 Å². The number of likely N-dealkylation sites (tertiary alicyclic amines) is 1. The summed E-state index contributed by atoms with van der Waals surface area (Å²) in [5, 5.41) is 24.6. The van der Waals surface area contributed by atoms with Crippen molar-refractivity contribution in [3.63, 3.8) is 0 Å². The second-order valence-corrected chi connectivity index (χ2v) is 12.3. The zero-order valence-corrected chi connectivity index (χ0v) is 22.8. The Morgan fingerprint density at radius 1 is 1.13 bits per heavy atom. The van der Waals surface area contributed by atoms with Crippen molar-refractivity contribution in [3.8, 4) is 5.75 Å². The van der Waals surface area contributed by atoms with Gasteiger partial charge in [0.25, 0.3) is 0 Å². The molecule has 1 aromatic heterocycles. The van der Waals surface area contributed by atoms with Gasteiger partial charge in [-0.05, 0) is 36.5 Å². The SMILES string of the molecule is CC(C)(C)[C@@H](C(=O)N1C[C@H](O)C[C@H]1C(=O)NC1CCCOc2c1ccc1ccccc21)n1cc(C2CC2)nn1. The lowest BCUT2D eigenvalue weighted by molar-refractivity contribution is -0.144. The molecule has 1 saturated carbocycles. The van der Waals surface area contributed by atoms with Crippen molar-refractivity contribution in [2.24, 2.45) is 5.41 Å². The van der Waals surface area contributed by atoms with Crippen LogP contribution in [0.1, 0.15) is 82.1 Å². The first-order valence-corrected chi connectivity index (χ1v) is 14.1. The van der Waals surface area contributed by atoms with E-state index in [9.17, 15) is 14.7 Å². The van der Waals surface area contributed by atoms with E-state index in [-0.39, 0.29) is 30.8 Å². The van der Waals surface area contributed by atoms with Crippen molar-refractivity contribution in [3.05, 3.63) is 53.9 Å². The fourth-order valence-electron chi connectivity index (χ4n) is 6.06. The zero-order valence-electron chi connectivity index (χ0n) is 22.8. The van der Waals surface area contributed by atoms with E-state index < -0.39 is 23.6 Å². The summed E-state index contributed by atoms with van der Waals surface area (Å²) in [5.41, 5.74) is 1.38. The molecule has 3 heterocycles. The van der Waals surface area contributed by atoms with Gasteiger partial charge in [-0.2, -0.15) is 0 Å². The van der Waals surface area contributed by atoms with E-state index in [2.05, 4.69) is 27.8 Å². The molecule has 1 unspecified atom stereocenters. The van der Waals surface area contributed by atoms with Crippen LogP contribution in [0.5, 0.6) is 5.75 Å². The van der Waals surface area contributed by atoms with Crippen LogP contribution in [-0.2, 0) is 9.59 Å². The molecule has 1 saturated heterocycles. The van der Waals surface area contributed by atoms with Crippen LogP contribution in [-0.4, -0.2) is 62.1 Å². The Morgan fingerprint density at radius 2 is 1.92 bits per heavy atom. The number of ether oxygens (including phenoxy) is 1. The molecule has 2 amide bonds. The summed E-state index contributed by atoms with van der Waals surface area (Å²) in [6.45, 7) is 6.66. The zero-order chi connectivity index (χ0) is 27.3. The predicted octanol–water partition coefficient (Wildman–Crippen LogP) is 3.89. The molecule has 3 aliphatic rings. The molecule has 206 valence electrons. The van der Waals surface area contributed by atoms with Gasteiger partial charge in [-0.3, -0.25) is 9.59 Å². The topological polar surface area (TPSA) is 110 Å². The number of nitrogens with zero attached hydrogens (tertiary/aromatic N) is 4. The van der Waals surface area contributed by atoms with Crippen LogP contribution in [0.3, 0.4) is 0 Å². The molecule has 9 heteroatoms. The highest BCUT2D eigenvalue weighted by Crippen LogP contribution is 2.41. The maximum Gasteiger partial charge on any atom is 0.248 e. The molecule has 2 N–H and O–H groups in total. The summed E-state index contributed by atoms with van der Waals surface area (Å²) >= 11 is 0. The van der Waals surface area contributed by atoms with Crippen molar-refractivity contribution < 1.29 is 19.4 Å². The van der Waals surface area contributed by atoms with Gasteiger partial charge in [0.15, 0.2) is 0 Å². The summed E-state index contributed by atoms with van der Waals surface area (Å²) in [6, 6.07) is 10.5. The number of amides is 2. The molecule has 0 radical (unpaired) electrons. The van der Waals surface area contributed by atoms with Crippen molar-refractivity contribution in [2.75, 3.05) is 13.2 Å². The van der Waals surface area contributed by atoms with E-state index >= 15 is 0 Å². The number of aliphatic hydroxyl groups is 1. The van der Waals surface area contributed by atoms with Crippen molar-refractivity contribution >= 4 is 22.6 Å². The number of rotatable bonds is 5. The molecule has 0 bridgehead atoms. The van der Waals surface area contributed by atoms with E-state index in [1.165, 1.54) is 0 Å². The van der Waals surface area contributed by atoms with Gasteiger partial charge >= 0.3 is 0 Å². The minimum atomic E-state index is -0.767. The standard InChI is InChI=1S/C30H37N5O4/c1-30(2,3)27(35-17-24(32-33-35)19-10-11-19)29(38)34-16-20(36)15-25(34)28(37)31-23-9-6-14-39-26-21-8-5-4-7-18(21)12-13-22(23)26/h4-5,7-8,12-13,17,19-20,23,25,27,36H,6,9-11,14-16H2,1-3H3,(H,31,37)/t20-,23?,25+,27-/m1/s1. The third-order valence-corrected chi connectivity index (χ3v) is 8.19. The van der Waals surface area contributed by atoms with E-state index in [0.717, 1.165) is 53.5 Å². The van der Waals surface area contributed by atoms with Crippen LogP contribution in [0.15, 0.2) is 42.6 Å². The fraction of sp³-hybridized carbons (Fsp3) is 0.533. The molecule has 9 nitrogen and oxygen atoms in total. The van der Waals surface area contributed by atoms with E-state index in [4.69, 9.17) is 4.74 Å². The largest absolute Gasteiger partial charge is 0.493 e. The Hall–Kier alpha value is -3.46. The second kappa shape index (κ2) is 9.93. The number of β-amino-alcohol motifs (C(OH)–C–C–N with tert-alkyl or cyclic N) is 1. The normalized spacial score (nSPS) is 24.1. The predicted molar refractivity (Wildman–Crippen MR) is 146 cm³/mol. The molecule has 2 aromatic carbocycles. The number of nitrogens with one attached hydrogen (secondary N) is 1. The Labute approximate surface area is 228 Å². The number of aromatic nitrogens is 3. The number of fused-ring (bicyclic) bond motifs is 3. The minimum absolute atomic E-state index is 0.114.